The van der Waals surface area contributed by atoms with Crippen LogP contribution in [0.4, 0.5) is 0 Å². The van der Waals surface area contributed by atoms with Gasteiger partial charge in [-0.3, -0.25) is 9.59 Å². The van der Waals surface area contributed by atoms with Crippen molar-refractivity contribution in [3.05, 3.63) is 58.1 Å². The Balaban J connectivity index is 1.90. The Labute approximate surface area is 155 Å². The summed E-state index contributed by atoms with van der Waals surface area (Å²) >= 11 is 3.28. The third-order valence-corrected chi connectivity index (χ3v) is 4.43. The molecule has 25 heavy (non-hydrogen) atoms. The smallest absolute Gasteiger partial charge is 0.257 e. The lowest BCUT2D eigenvalue weighted by Crippen LogP contribution is -2.31. The van der Waals surface area contributed by atoms with Crippen LogP contribution in [-0.4, -0.2) is 32.5 Å². The van der Waals surface area contributed by atoms with Crippen molar-refractivity contribution in [2.45, 2.75) is 12.8 Å². The van der Waals surface area contributed by atoms with Gasteiger partial charge in [0.1, 0.15) is 0 Å². The van der Waals surface area contributed by atoms with Crippen LogP contribution in [0.2, 0.25) is 0 Å². The van der Waals surface area contributed by atoms with Crippen LogP contribution in [0, 0.1) is 0 Å². The highest BCUT2D eigenvalue weighted by molar-refractivity contribution is 9.10. The molecule has 0 radical (unpaired) electrons. The molecule has 0 saturated carbocycles. The summed E-state index contributed by atoms with van der Waals surface area (Å²) in [6.07, 6.45) is 0.706. The molecule has 132 valence electrons. The third kappa shape index (κ3) is 5.32. The van der Waals surface area contributed by atoms with Crippen LogP contribution in [0.1, 0.15) is 28.8 Å². The summed E-state index contributed by atoms with van der Waals surface area (Å²) < 4.78 is 11.3. The molecule has 0 aliphatic rings. The van der Waals surface area contributed by atoms with E-state index in [2.05, 4.69) is 21.2 Å². The lowest BCUT2D eigenvalue weighted by atomic mass is 10.0. The van der Waals surface area contributed by atoms with E-state index in [4.69, 9.17) is 9.47 Å². The number of carbonyl (C=O) groups excluding carboxylic acids is 2. The van der Waals surface area contributed by atoms with Crippen molar-refractivity contribution in [3.8, 4) is 11.5 Å². The van der Waals surface area contributed by atoms with E-state index < -0.39 is 0 Å². The fourth-order valence-electron chi connectivity index (χ4n) is 2.27. The predicted molar refractivity (Wildman–Crippen MR) is 99.4 cm³/mol. The van der Waals surface area contributed by atoms with Crippen LogP contribution in [0.25, 0.3) is 0 Å². The van der Waals surface area contributed by atoms with Gasteiger partial charge in [0.15, 0.2) is 24.4 Å². The van der Waals surface area contributed by atoms with E-state index in [-0.39, 0.29) is 18.4 Å². The molecule has 0 spiro atoms. The minimum atomic E-state index is -0.236. The van der Waals surface area contributed by atoms with Gasteiger partial charge in [-0.25, -0.2) is 0 Å². The highest BCUT2D eigenvalue weighted by atomic mass is 79.9. The molecule has 2 aromatic rings. The fraction of sp³-hybridized carbons (Fsp3) is 0.263. The van der Waals surface area contributed by atoms with E-state index in [9.17, 15) is 9.59 Å². The molecule has 0 fully saturated rings. The van der Waals surface area contributed by atoms with Gasteiger partial charge >= 0.3 is 0 Å². The van der Waals surface area contributed by atoms with Gasteiger partial charge in [-0.15, -0.1) is 0 Å². The molecule has 0 heterocycles. The van der Waals surface area contributed by atoms with E-state index >= 15 is 0 Å². The Morgan fingerprint density at radius 1 is 1.24 bits per heavy atom. The number of nitrogens with one attached hydrogen (secondary N) is 1. The first-order valence-corrected chi connectivity index (χ1v) is 8.61. The van der Waals surface area contributed by atoms with Gasteiger partial charge in [0, 0.05) is 16.6 Å². The van der Waals surface area contributed by atoms with E-state index in [0.29, 0.717) is 34.4 Å². The Kier molecular flexibility index (Phi) is 7.01. The molecule has 2 aromatic carbocycles. The van der Waals surface area contributed by atoms with Gasteiger partial charge in [0.2, 0.25) is 0 Å². The van der Waals surface area contributed by atoms with E-state index in [1.807, 2.05) is 37.3 Å². The van der Waals surface area contributed by atoms with Gasteiger partial charge in [0.05, 0.1) is 7.11 Å². The first-order chi connectivity index (χ1) is 12.0. The Hall–Kier alpha value is -2.34. The van der Waals surface area contributed by atoms with Crippen LogP contribution >= 0.6 is 15.9 Å². The zero-order valence-corrected chi connectivity index (χ0v) is 15.7. The minimum absolute atomic E-state index is 0.155. The molecular formula is C19H20BrNO4. The number of aldehydes is 1. The van der Waals surface area contributed by atoms with Crippen LogP contribution in [0.15, 0.2) is 46.9 Å². The molecule has 1 amide bonds. The Morgan fingerprint density at radius 3 is 2.60 bits per heavy atom. The third-order valence-electron chi connectivity index (χ3n) is 3.74. The van der Waals surface area contributed by atoms with Crippen LogP contribution in [-0.2, 0) is 4.79 Å². The Bertz CT molecular complexity index is 734. The number of rotatable bonds is 8. The second kappa shape index (κ2) is 9.22. The van der Waals surface area contributed by atoms with Crippen molar-refractivity contribution in [1.29, 1.82) is 0 Å². The number of hydrogen-bond donors (Lipinski definition) is 1. The molecule has 2 rings (SSSR count). The molecule has 1 atom stereocenters. The van der Waals surface area contributed by atoms with Crippen molar-refractivity contribution in [2.75, 3.05) is 20.3 Å². The molecule has 1 N–H and O–H groups in total. The van der Waals surface area contributed by atoms with E-state index in [1.54, 1.807) is 6.07 Å². The fourth-order valence-corrected chi connectivity index (χ4v) is 2.69. The average Bonchev–Trinajstić information content (AvgIpc) is 2.65. The van der Waals surface area contributed by atoms with Gasteiger partial charge < -0.3 is 14.8 Å². The largest absolute Gasteiger partial charge is 0.493 e. The predicted octanol–water partition coefficient (Wildman–Crippen LogP) is 3.57. The minimum Gasteiger partial charge on any atom is -0.493 e. The number of halogens is 1. The van der Waals surface area contributed by atoms with Gasteiger partial charge in [-0.1, -0.05) is 37.3 Å². The Morgan fingerprint density at radius 2 is 1.96 bits per heavy atom. The summed E-state index contributed by atoms with van der Waals surface area (Å²) in [7, 11) is 1.50. The van der Waals surface area contributed by atoms with E-state index in [0.717, 1.165) is 5.56 Å². The molecule has 0 aliphatic carbocycles. The zero-order chi connectivity index (χ0) is 18.2. The van der Waals surface area contributed by atoms with Crippen LogP contribution in [0.3, 0.4) is 0 Å². The second-order valence-electron chi connectivity index (χ2n) is 5.55. The quantitative estimate of drug-likeness (QED) is 0.681. The number of hydrogen-bond acceptors (Lipinski definition) is 4. The molecule has 0 aliphatic heterocycles. The van der Waals surface area contributed by atoms with E-state index in [1.165, 1.54) is 13.2 Å². The lowest BCUT2D eigenvalue weighted by Gasteiger charge is -2.14. The molecule has 0 aromatic heterocycles. The number of ether oxygens (including phenoxy) is 2. The number of amides is 1. The number of carbonyl (C=O) groups is 2. The van der Waals surface area contributed by atoms with Gasteiger partial charge in [-0.05, 0) is 39.5 Å². The van der Waals surface area contributed by atoms with Crippen LogP contribution < -0.4 is 14.8 Å². The summed E-state index contributed by atoms with van der Waals surface area (Å²) in [5.41, 5.74) is 1.59. The number of benzene rings is 2. The van der Waals surface area contributed by atoms with Crippen molar-refractivity contribution in [3.63, 3.8) is 0 Å². The van der Waals surface area contributed by atoms with Crippen molar-refractivity contribution in [1.82, 2.24) is 5.32 Å². The highest BCUT2D eigenvalue weighted by Gasteiger charge is 2.12. The van der Waals surface area contributed by atoms with Gasteiger partial charge in [0.25, 0.3) is 5.91 Å². The van der Waals surface area contributed by atoms with Crippen molar-refractivity contribution in [2.24, 2.45) is 0 Å². The molecule has 0 saturated heterocycles. The normalized spacial score (nSPS) is 11.5. The number of methoxy groups -OCH3 is 1. The molecule has 6 heteroatoms. The maximum atomic E-state index is 12.0. The first kappa shape index (κ1) is 19.0. The summed E-state index contributed by atoms with van der Waals surface area (Å²) in [5, 5.41) is 2.85. The summed E-state index contributed by atoms with van der Waals surface area (Å²) in [4.78, 5) is 23.0. The molecular weight excluding hydrogens is 386 g/mol. The maximum absolute atomic E-state index is 12.0. The molecule has 0 unspecified atom stereocenters. The zero-order valence-electron chi connectivity index (χ0n) is 14.1. The summed E-state index contributed by atoms with van der Waals surface area (Å²) in [6.45, 7) is 2.41. The summed E-state index contributed by atoms with van der Waals surface area (Å²) in [6, 6.07) is 13.1. The average molecular weight is 406 g/mol. The molecule has 5 nitrogen and oxygen atoms in total. The van der Waals surface area contributed by atoms with Crippen LogP contribution in [0.5, 0.6) is 11.5 Å². The topological polar surface area (TPSA) is 64.6 Å². The van der Waals surface area contributed by atoms with Crippen molar-refractivity contribution >= 4 is 28.1 Å². The lowest BCUT2D eigenvalue weighted by molar-refractivity contribution is -0.123. The summed E-state index contributed by atoms with van der Waals surface area (Å²) in [5.74, 6) is 0.761. The SMILES string of the molecule is COc1cc(Br)c(C=O)cc1OCC(=O)NC[C@@H](C)c1ccccc1. The van der Waals surface area contributed by atoms with Gasteiger partial charge in [-0.2, -0.15) is 0 Å². The highest BCUT2D eigenvalue weighted by Crippen LogP contribution is 2.32. The standard InChI is InChI=1S/C19H20BrNO4/c1-13(14-6-4-3-5-7-14)10-21-19(23)12-25-18-8-15(11-22)16(20)9-17(18)24-2/h3-9,11,13H,10,12H2,1-2H3,(H,21,23)/t13-/m1/s1. The second-order valence-corrected chi connectivity index (χ2v) is 6.40. The molecule has 0 bridgehead atoms. The first-order valence-electron chi connectivity index (χ1n) is 7.82. The monoisotopic (exact) mass is 405 g/mol. The van der Waals surface area contributed by atoms with Crippen molar-refractivity contribution < 1.29 is 19.1 Å². The maximum Gasteiger partial charge on any atom is 0.257 e.